The van der Waals surface area contributed by atoms with Gasteiger partial charge in [0.2, 0.25) is 23.5 Å². The Morgan fingerprint density at radius 3 is 2.35 bits per heavy atom. The summed E-state index contributed by atoms with van der Waals surface area (Å²) in [5.41, 5.74) is 0.770. The van der Waals surface area contributed by atoms with Crippen LogP contribution in [0.1, 0.15) is 56.9 Å². The number of aryl methyl sites for hydroxylation is 1. The monoisotopic (exact) mass is 550 g/mol. The predicted octanol–water partition coefficient (Wildman–Crippen LogP) is 2.07. The SMILES string of the molecule is O=C(CCc1ccc(Cl)cc1Cl)NC(CC1CC1)C(=O)NC(C[C@@H]1CCNC1=O)C(=O)C(=O)NC1CC1. The van der Waals surface area contributed by atoms with Crippen molar-refractivity contribution >= 4 is 52.6 Å². The van der Waals surface area contributed by atoms with Crippen molar-refractivity contribution in [3.63, 3.8) is 0 Å². The lowest BCUT2D eigenvalue weighted by atomic mass is 9.95. The van der Waals surface area contributed by atoms with Crippen LogP contribution in [-0.4, -0.2) is 54.1 Å². The summed E-state index contributed by atoms with van der Waals surface area (Å²) in [5.74, 6) is -2.73. The number of carbonyl (C=O) groups is 5. The Balaban J connectivity index is 1.39. The van der Waals surface area contributed by atoms with Crippen LogP contribution in [0.4, 0.5) is 0 Å². The lowest BCUT2D eigenvalue weighted by Gasteiger charge is -2.24. The van der Waals surface area contributed by atoms with Gasteiger partial charge in [-0.25, -0.2) is 0 Å². The quantitative estimate of drug-likeness (QED) is 0.279. The summed E-state index contributed by atoms with van der Waals surface area (Å²) in [7, 11) is 0. The molecule has 4 N–H and O–H groups in total. The van der Waals surface area contributed by atoms with Crippen LogP contribution in [0, 0.1) is 11.8 Å². The van der Waals surface area contributed by atoms with Crippen LogP contribution in [0.15, 0.2) is 18.2 Å². The van der Waals surface area contributed by atoms with Gasteiger partial charge in [-0.1, -0.05) is 42.1 Å². The number of hydrogen-bond donors (Lipinski definition) is 4. The second kappa shape index (κ2) is 12.3. The van der Waals surface area contributed by atoms with Crippen LogP contribution in [0.2, 0.25) is 10.0 Å². The first-order valence-corrected chi connectivity index (χ1v) is 13.6. The summed E-state index contributed by atoms with van der Waals surface area (Å²) in [6, 6.07) is 3.06. The van der Waals surface area contributed by atoms with Crippen LogP contribution in [0.3, 0.4) is 0 Å². The highest BCUT2D eigenvalue weighted by Gasteiger charge is 2.38. The van der Waals surface area contributed by atoms with E-state index in [0.717, 1.165) is 31.2 Å². The Kier molecular flexibility index (Phi) is 9.08. The fourth-order valence-electron chi connectivity index (χ4n) is 4.46. The molecule has 0 aromatic heterocycles. The van der Waals surface area contributed by atoms with Gasteiger partial charge in [0.15, 0.2) is 0 Å². The largest absolute Gasteiger partial charge is 0.356 e. The van der Waals surface area contributed by atoms with E-state index in [1.807, 2.05) is 0 Å². The molecule has 3 aliphatic rings. The van der Waals surface area contributed by atoms with Gasteiger partial charge in [0.05, 0.1) is 6.04 Å². The molecule has 1 aliphatic heterocycles. The van der Waals surface area contributed by atoms with Crippen molar-refractivity contribution in [3.05, 3.63) is 33.8 Å². The predicted molar refractivity (Wildman–Crippen MR) is 138 cm³/mol. The third-order valence-electron chi connectivity index (χ3n) is 7.01. The average Bonchev–Trinajstić information content (AvgIpc) is 3.78. The van der Waals surface area contributed by atoms with Crippen LogP contribution >= 0.6 is 23.2 Å². The number of rotatable bonds is 13. The molecule has 11 heteroatoms. The number of ketones is 1. The van der Waals surface area contributed by atoms with E-state index in [9.17, 15) is 24.0 Å². The standard InChI is InChI=1S/C26H32Cl2N4O5/c27-17-5-3-15(19(28)13-17)4-8-22(33)31-21(11-14-1-2-14)25(36)32-20(12-16-9-10-29-24(16)35)23(34)26(37)30-18-6-7-18/h3,5,13-14,16,18,20-21H,1-2,4,6-12H2,(H,29,35)(H,30,37)(H,31,33)(H,32,36)/t16-,20?,21?/m0/s1. The fourth-order valence-corrected chi connectivity index (χ4v) is 4.96. The van der Waals surface area contributed by atoms with Crippen molar-refractivity contribution in [2.24, 2.45) is 11.8 Å². The Morgan fingerprint density at radius 2 is 1.73 bits per heavy atom. The van der Waals surface area contributed by atoms with E-state index < -0.39 is 35.6 Å². The van der Waals surface area contributed by atoms with Gasteiger partial charge in [-0.15, -0.1) is 0 Å². The lowest BCUT2D eigenvalue weighted by Crippen LogP contribution is -2.54. The molecule has 1 saturated heterocycles. The molecule has 3 atom stereocenters. The maximum absolute atomic E-state index is 13.3. The molecule has 2 saturated carbocycles. The zero-order valence-corrected chi connectivity index (χ0v) is 22.0. The summed E-state index contributed by atoms with van der Waals surface area (Å²) in [6.07, 6.45) is 5.06. The first-order valence-electron chi connectivity index (χ1n) is 12.9. The normalized spacial score (nSPS) is 20.5. The third kappa shape index (κ3) is 8.17. The number of Topliss-reactive ketones (excluding diaryl/α,β-unsaturated/α-hetero) is 1. The first-order chi connectivity index (χ1) is 17.7. The maximum atomic E-state index is 13.3. The summed E-state index contributed by atoms with van der Waals surface area (Å²) in [4.78, 5) is 63.6. The summed E-state index contributed by atoms with van der Waals surface area (Å²) in [5, 5.41) is 11.8. The van der Waals surface area contributed by atoms with Gasteiger partial charge in [0.25, 0.3) is 5.91 Å². The molecule has 4 amide bonds. The molecule has 2 unspecified atom stereocenters. The number of hydrogen-bond acceptors (Lipinski definition) is 5. The second-order valence-corrected chi connectivity index (χ2v) is 11.1. The average molecular weight is 551 g/mol. The Hall–Kier alpha value is -2.65. The number of carbonyl (C=O) groups excluding carboxylic acids is 5. The zero-order chi connectivity index (χ0) is 26.5. The van der Waals surface area contributed by atoms with E-state index in [-0.39, 0.29) is 30.7 Å². The third-order valence-corrected chi connectivity index (χ3v) is 7.59. The van der Waals surface area contributed by atoms with Crippen LogP contribution < -0.4 is 21.3 Å². The zero-order valence-electron chi connectivity index (χ0n) is 20.5. The summed E-state index contributed by atoms with van der Waals surface area (Å²) in [6.45, 7) is 0.491. The highest BCUT2D eigenvalue weighted by molar-refractivity contribution is 6.38. The number of amides is 4. The Bertz CT molecular complexity index is 1070. The van der Waals surface area contributed by atoms with Crippen molar-refractivity contribution in [1.82, 2.24) is 21.3 Å². The van der Waals surface area contributed by atoms with E-state index in [0.29, 0.717) is 41.8 Å². The smallest absolute Gasteiger partial charge is 0.289 e. The van der Waals surface area contributed by atoms with Crippen molar-refractivity contribution in [2.75, 3.05) is 6.54 Å². The van der Waals surface area contributed by atoms with Gasteiger partial charge in [0, 0.05) is 35.0 Å². The minimum absolute atomic E-state index is 0.0152. The van der Waals surface area contributed by atoms with Crippen molar-refractivity contribution in [1.29, 1.82) is 0 Å². The molecular formula is C26H32Cl2N4O5. The summed E-state index contributed by atoms with van der Waals surface area (Å²) < 4.78 is 0. The lowest BCUT2D eigenvalue weighted by molar-refractivity contribution is -0.141. The molecule has 1 aromatic rings. The Labute approximate surface area is 225 Å². The van der Waals surface area contributed by atoms with Gasteiger partial charge in [-0.05, 0) is 62.1 Å². The molecule has 0 radical (unpaired) electrons. The molecule has 1 heterocycles. The van der Waals surface area contributed by atoms with Crippen LogP contribution in [-0.2, 0) is 30.4 Å². The molecule has 37 heavy (non-hydrogen) atoms. The Morgan fingerprint density at radius 1 is 0.973 bits per heavy atom. The summed E-state index contributed by atoms with van der Waals surface area (Å²) >= 11 is 12.1. The number of benzene rings is 1. The molecular weight excluding hydrogens is 519 g/mol. The minimum Gasteiger partial charge on any atom is -0.356 e. The van der Waals surface area contributed by atoms with Gasteiger partial charge in [0.1, 0.15) is 6.04 Å². The fraction of sp³-hybridized carbons (Fsp3) is 0.577. The number of nitrogens with one attached hydrogen (secondary N) is 4. The van der Waals surface area contributed by atoms with Crippen LogP contribution in [0.25, 0.3) is 0 Å². The molecule has 0 bridgehead atoms. The van der Waals surface area contributed by atoms with Crippen molar-refractivity contribution < 1.29 is 24.0 Å². The molecule has 3 fully saturated rings. The molecule has 1 aromatic carbocycles. The van der Waals surface area contributed by atoms with Gasteiger partial charge < -0.3 is 21.3 Å². The van der Waals surface area contributed by atoms with E-state index in [1.54, 1.807) is 18.2 Å². The van der Waals surface area contributed by atoms with Crippen molar-refractivity contribution in [3.8, 4) is 0 Å². The highest BCUT2D eigenvalue weighted by Crippen LogP contribution is 2.33. The maximum Gasteiger partial charge on any atom is 0.289 e. The molecule has 4 rings (SSSR count). The number of halogens is 2. The van der Waals surface area contributed by atoms with E-state index >= 15 is 0 Å². The molecule has 9 nitrogen and oxygen atoms in total. The topological polar surface area (TPSA) is 133 Å². The highest BCUT2D eigenvalue weighted by atomic mass is 35.5. The van der Waals surface area contributed by atoms with E-state index in [4.69, 9.17) is 23.2 Å². The van der Waals surface area contributed by atoms with Crippen molar-refractivity contribution in [2.45, 2.75) is 75.9 Å². The van der Waals surface area contributed by atoms with Gasteiger partial charge in [-0.3, -0.25) is 24.0 Å². The van der Waals surface area contributed by atoms with Crippen LogP contribution in [0.5, 0.6) is 0 Å². The van der Waals surface area contributed by atoms with E-state index in [1.165, 1.54) is 0 Å². The van der Waals surface area contributed by atoms with E-state index in [2.05, 4.69) is 21.3 Å². The van der Waals surface area contributed by atoms with Gasteiger partial charge >= 0.3 is 0 Å². The minimum atomic E-state index is -1.15. The van der Waals surface area contributed by atoms with Gasteiger partial charge in [-0.2, -0.15) is 0 Å². The first kappa shape index (κ1) is 27.4. The molecule has 0 spiro atoms. The molecule has 200 valence electrons. The second-order valence-electron chi connectivity index (χ2n) is 10.2. The molecule has 2 aliphatic carbocycles.